The highest BCUT2D eigenvalue weighted by molar-refractivity contribution is 7.92. The average molecular weight is 557 g/mol. The van der Waals surface area contributed by atoms with E-state index in [0.717, 1.165) is 5.56 Å². The number of nitrogens with one attached hydrogen (secondary N) is 2. The van der Waals surface area contributed by atoms with Crippen molar-refractivity contribution < 1.29 is 22.7 Å². The average Bonchev–Trinajstić information content (AvgIpc) is 2.87. The molecule has 4 rings (SSSR count). The maximum atomic E-state index is 12.6. The van der Waals surface area contributed by atoms with Crippen LogP contribution in [0.3, 0.4) is 0 Å². The number of amides is 1. The smallest absolute Gasteiger partial charge is 0.262 e. The highest BCUT2D eigenvalue weighted by atomic mass is 35.5. The van der Waals surface area contributed by atoms with Crippen LogP contribution in [0.1, 0.15) is 5.56 Å². The Morgan fingerprint density at radius 3 is 1.97 bits per heavy atom. The lowest BCUT2D eigenvalue weighted by atomic mass is 10.2. The van der Waals surface area contributed by atoms with Crippen LogP contribution in [-0.2, 0) is 21.4 Å². The first-order chi connectivity index (χ1) is 17.8. The molecular weight excluding hydrogens is 535 g/mol. The lowest BCUT2D eigenvalue weighted by Gasteiger charge is -2.11. The minimum Gasteiger partial charge on any atom is -0.489 e. The summed E-state index contributed by atoms with van der Waals surface area (Å²) in [5, 5.41) is 3.35. The van der Waals surface area contributed by atoms with Gasteiger partial charge in [0.05, 0.1) is 10.6 Å². The predicted molar refractivity (Wildman–Crippen MR) is 145 cm³/mol. The number of hydrogen-bond donors (Lipinski definition) is 2. The number of carbonyl (C=O) groups is 1. The van der Waals surface area contributed by atoms with Crippen LogP contribution in [0.15, 0.2) is 102 Å². The van der Waals surface area contributed by atoms with E-state index in [1.165, 1.54) is 42.5 Å². The first-order valence-electron chi connectivity index (χ1n) is 11.1. The van der Waals surface area contributed by atoms with Gasteiger partial charge in [0.2, 0.25) is 0 Å². The standard InChI is InChI=1S/C27H22Cl2N2O5S/c28-20-14-21(29)16-23(15-20)31-37(33,34)26-12-10-25(11-13-26)36-18-27(32)30-22-6-8-24(9-7-22)35-17-19-4-2-1-3-5-19/h1-16,31H,17-18H2,(H,30,32). The van der Waals surface area contributed by atoms with Crippen molar-refractivity contribution in [2.45, 2.75) is 11.5 Å². The van der Waals surface area contributed by atoms with Crippen LogP contribution < -0.4 is 19.5 Å². The lowest BCUT2D eigenvalue weighted by molar-refractivity contribution is -0.118. The Bertz CT molecular complexity index is 1440. The van der Waals surface area contributed by atoms with Crippen LogP contribution in [0.4, 0.5) is 11.4 Å². The SMILES string of the molecule is O=C(COc1ccc(S(=O)(=O)Nc2cc(Cl)cc(Cl)c2)cc1)Nc1ccc(OCc2ccccc2)cc1. The Kier molecular flexibility index (Phi) is 8.55. The van der Waals surface area contributed by atoms with E-state index in [2.05, 4.69) is 10.0 Å². The molecule has 0 heterocycles. The molecule has 190 valence electrons. The number of rotatable bonds is 10. The number of hydrogen-bond acceptors (Lipinski definition) is 5. The Balaban J connectivity index is 1.26. The van der Waals surface area contributed by atoms with Gasteiger partial charge in [-0.15, -0.1) is 0 Å². The number of ether oxygens (including phenoxy) is 2. The van der Waals surface area contributed by atoms with Gasteiger partial charge in [0.1, 0.15) is 18.1 Å². The minimum atomic E-state index is -3.87. The monoisotopic (exact) mass is 556 g/mol. The van der Waals surface area contributed by atoms with Gasteiger partial charge < -0.3 is 14.8 Å². The molecule has 0 aromatic heterocycles. The third kappa shape index (κ3) is 7.88. The Hall–Kier alpha value is -3.72. The molecule has 0 unspecified atom stereocenters. The van der Waals surface area contributed by atoms with Crippen LogP contribution in [0.5, 0.6) is 11.5 Å². The second kappa shape index (κ2) is 12.0. The summed E-state index contributed by atoms with van der Waals surface area (Å²) < 4.78 is 38.9. The molecule has 0 saturated heterocycles. The highest BCUT2D eigenvalue weighted by Gasteiger charge is 2.15. The molecule has 2 N–H and O–H groups in total. The Labute approximate surface area is 225 Å². The zero-order valence-electron chi connectivity index (χ0n) is 19.4. The topological polar surface area (TPSA) is 93.7 Å². The van der Waals surface area contributed by atoms with Crippen molar-refractivity contribution in [2.75, 3.05) is 16.6 Å². The number of carbonyl (C=O) groups excluding carboxylic acids is 1. The molecule has 0 radical (unpaired) electrons. The number of sulfonamides is 1. The molecule has 4 aromatic rings. The fourth-order valence-electron chi connectivity index (χ4n) is 3.26. The summed E-state index contributed by atoms with van der Waals surface area (Å²) in [4.78, 5) is 12.3. The molecule has 1 amide bonds. The number of benzene rings is 4. The summed E-state index contributed by atoms with van der Waals surface area (Å²) >= 11 is 11.8. The van der Waals surface area contributed by atoms with E-state index in [0.29, 0.717) is 33.8 Å². The highest BCUT2D eigenvalue weighted by Crippen LogP contribution is 2.25. The van der Waals surface area contributed by atoms with E-state index in [1.807, 2.05) is 30.3 Å². The molecule has 0 aliphatic carbocycles. The van der Waals surface area contributed by atoms with Gasteiger partial charge in [-0.25, -0.2) is 8.42 Å². The summed E-state index contributed by atoms with van der Waals surface area (Å²) in [5.74, 6) is 0.653. The van der Waals surface area contributed by atoms with Crippen LogP contribution in [-0.4, -0.2) is 20.9 Å². The zero-order valence-corrected chi connectivity index (χ0v) is 21.7. The van der Waals surface area contributed by atoms with Crippen molar-refractivity contribution in [2.24, 2.45) is 0 Å². The van der Waals surface area contributed by atoms with Gasteiger partial charge in [-0.05, 0) is 72.3 Å². The third-order valence-electron chi connectivity index (χ3n) is 5.01. The number of anilines is 2. The molecule has 4 aromatic carbocycles. The molecule has 0 spiro atoms. The summed E-state index contributed by atoms with van der Waals surface area (Å²) in [6, 6.07) is 26.9. The van der Waals surface area contributed by atoms with Crippen LogP contribution in [0.25, 0.3) is 0 Å². The molecule has 0 aliphatic rings. The van der Waals surface area contributed by atoms with Crippen molar-refractivity contribution in [3.63, 3.8) is 0 Å². The van der Waals surface area contributed by atoms with Crippen molar-refractivity contribution in [1.82, 2.24) is 0 Å². The van der Waals surface area contributed by atoms with E-state index in [9.17, 15) is 13.2 Å². The van der Waals surface area contributed by atoms with E-state index in [1.54, 1.807) is 24.3 Å². The summed E-state index contributed by atoms with van der Waals surface area (Å²) in [5.41, 5.74) is 1.89. The van der Waals surface area contributed by atoms with Crippen molar-refractivity contribution in [3.05, 3.63) is 113 Å². The molecule has 7 nitrogen and oxygen atoms in total. The maximum Gasteiger partial charge on any atom is 0.262 e. The van der Waals surface area contributed by atoms with E-state index in [4.69, 9.17) is 32.7 Å². The van der Waals surface area contributed by atoms with Gasteiger partial charge >= 0.3 is 0 Å². The normalized spacial score (nSPS) is 11.0. The maximum absolute atomic E-state index is 12.6. The summed E-state index contributed by atoms with van der Waals surface area (Å²) in [7, 11) is -3.87. The van der Waals surface area contributed by atoms with Gasteiger partial charge in [0, 0.05) is 15.7 Å². The fourth-order valence-corrected chi connectivity index (χ4v) is 4.83. The molecule has 0 saturated carbocycles. The van der Waals surface area contributed by atoms with E-state index >= 15 is 0 Å². The Morgan fingerprint density at radius 2 is 1.32 bits per heavy atom. The van der Waals surface area contributed by atoms with Crippen LogP contribution in [0.2, 0.25) is 10.0 Å². The van der Waals surface area contributed by atoms with Crippen LogP contribution >= 0.6 is 23.2 Å². The molecule has 37 heavy (non-hydrogen) atoms. The van der Waals surface area contributed by atoms with Crippen molar-refractivity contribution in [3.8, 4) is 11.5 Å². The molecular formula is C27H22Cl2N2O5S. The van der Waals surface area contributed by atoms with Gasteiger partial charge in [-0.1, -0.05) is 53.5 Å². The Morgan fingerprint density at radius 1 is 0.730 bits per heavy atom. The molecule has 10 heteroatoms. The van der Waals surface area contributed by atoms with Gasteiger partial charge in [0.15, 0.2) is 6.61 Å². The van der Waals surface area contributed by atoms with Gasteiger partial charge in [-0.2, -0.15) is 0 Å². The van der Waals surface area contributed by atoms with Crippen molar-refractivity contribution >= 4 is 50.5 Å². The third-order valence-corrected chi connectivity index (χ3v) is 6.84. The molecule has 0 atom stereocenters. The number of halogens is 2. The largest absolute Gasteiger partial charge is 0.489 e. The van der Waals surface area contributed by atoms with Crippen molar-refractivity contribution in [1.29, 1.82) is 0 Å². The van der Waals surface area contributed by atoms with Gasteiger partial charge in [0.25, 0.3) is 15.9 Å². The predicted octanol–water partition coefficient (Wildman–Crippen LogP) is 6.39. The first kappa shape index (κ1) is 26.3. The molecule has 0 aliphatic heterocycles. The quantitative estimate of drug-likeness (QED) is 0.236. The zero-order chi connectivity index (χ0) is 26.3. The summed E-state index contributed by atoms with van der Waals surface area (Å²) in [6.45, 7) is 0.198. The van der Waals surface area contributed by atoms with Gasteiger partial charge in [-0.3, -0.25) is 9.52 Å². The molecule has 0 bridgehead atoms. The second-order valence-electron chi connectivity index (χ2n) is 7.87. The minimum absolute atomic E-state index is 0.00923. The van der Waals surface area contributed by atoms with E-state index in [-0.39, 0.29) is 23.1 Å². The summed E-state index contributed by atoms with van der Waals surface area (Å²) in [6.07, 6.45) is 0. The fraction of sp³-hybridized carbons (Fsp3) is 0.0741. The van der Waals surface area contributed by atoms with E-state index < -0.39 is 10.0 Å². The second-order valence-corrected chi connectivity index (χ2v) is 10.4. The van der Waals surface area contributed by atoms with Crippen LogP contribution in [0, 0.1) is 0 Å². The first-order valence-corrected chi connectivity index (χ1v) is 13.3. The molecule has 0 fully saturated rings. The lowest BCUT2D eigenvalue weighted by Crippen LogP contribution is -2.20.